The van der Waals surface area contributed by atoms with E-state index in [0.29, 0.717) is 39.3 Å². The molecule has 0 aliphatic heterocycles. The van der Waals surface area contributed by atoms with Gasteiger partial charge in [0, 0.05) is 27.9 Å². The van der Waals surface area contributed by atoms with Gasteiger partial charge in [0.15, 0.2) is 11.5 Å². The highest BCUT2D eigenvalue weighted by Gasteiger charge is 2.10. The van der Waals surface area contributed by atoms with E-state index < -0.39 is 0 Å². The summed E-state index contributed by atoms with van der Waals surface area (Å²) in [5, 5.41) is 3.38. The fourth-order valence-electron chi connectivity index (χ4n) is 2.93. The van der Waals surface area contributed by atoms with Crippen molar-refractivity contribution in [1.29, 1.82) is 0 Å². The summed E-state index contributed by atoms with van der Waals surface area (Å²) in [5.41, 5.74) is 2.65. The predicted molar refractivity (Wildman–Crippen MR) is 120 cm³/mol. The topological polar surface area (TPSA) is 73.3 Å². The van der Waals surface area contributed by atoms with Gasteiger partial charge < -0.3 is 14.8 Å². The number of para-hydroxylation sites is 2. The maximum Gasteiger partial charge on any atom is 0.255 e. The monoisotopic (exact) mass is 431 g/mol. The molecule has 0 fully saturated rings. The molecule has 3 aromatic carbocycles. The van der Waals surface area contributed by atoms with E-state index in [4.69, 9.17) is 21.1 Å². The van der Waals surface area contributed by atoms with Crippen molar-refractivity contribution in [1.82, 2.24) is 9.97 Å². The Labute approximate surface area is 184 Å². The molecule has 0 unspecified atom stereocenters. The molecule has 1 N–H and O–H groups in total. The molecule has 0 aliphatic carbocycles. The standard InChI is InChI=1S/C24H18ClN3O3/c1-30-21-7-2-3-8-22(21)31-23-14-20(26-15-27-23)16-9-11-17(12-10-16)24(29)28-19-6-4-5-18(25)13-19/h2-15H,1H3,(H,28,29). The van der Waals surface area contributed by atoms with E-state index in [9.17, 15) is 4.79 Å². The zero-order valence-corrected chi connectivity index (χ0v) is 17.3. The van der Waals surface area contributed by atoms with E-state index >= 15 is 0 Å². The van der Waals surface area contributed by atoms with Crippen molar-refractivity contribution >= 4 is 23.2 Å². The Morgan fingerprint density at radius 2 is 1.68 bits per heavy atom. The molecule has 0 spiro atoms. The maximum absolute atomic E-state index is 12.5. The zero-order chi connectivity index (χ0) is 21.6. The minimum Gasteiger partial charge on any atom is -0.493 e. The normalized spacial score (nSPS) is 10.4. The summed E-state index contributed by atoms with van der Waals surface area (Å²) in [6, 6.07) is 23.2. The second kappa shape index (κ2) is 9.28. The number of nitrogens with one attached hydrogen (secondary N) is 1. The van der Waals surface area contributed by atoms with Crippen LogP contribution in [0.25, 0.3) is 11.3 Å². The molecule has 6 nitrogen and oxygen atoms in total. The molecule has 0 atom stereocenters. The van der Waals surface area contributed by atoms with Gasteiger partial charge in [-0.1, -0.05) is 41.9 Å². The number of amides is 1. The van der Waals surface area contributed by atoms with E-state index in [1.165, 1.54) is 6.33 Å². The second-order valence-corrected chi connectivity index (χ2v) is 6.97. The number of hydrogen-bond acceptors (Lipinski definition) is 5. The summed E-state index contributed by atoms with van der Waals surface area (Å²) in [6.07, 6.45) is 1.43. The van der Waals surface area contributed by atoms with Crippen LogP contribution in [0, 0.1) is 0 Å². The fourth-order valence-corrected chi connectivity index (χ4v) is 3.12. The third kappa shape index (κ3) is 4.99. The van der Waals surface area contributed by atoms with Crippen LogP contribution in [0.3, 0.4) is 0 Å². The van der Waals surface area contributed by atoms with Gasteiger partial charge in [-0.3, -0.25) is 4.79 Å². The molecular weight excluding hydrogens is 414 g/mol. The van der Waals surface area contributed by atoms with Crippen molar-refractivity contribution in [3.8, 4) is 28.6 Å². The summed E-state index contributed by atoms with van der Waals surface area (Å²) in [5.74, 6) is 1.33. The smallest absolute Gasteiger partial charge is 0.255 e. The number of aromatic nitrogens is 2. The number of hydrogen-bond donors (Lipinski definition) is 1. The molecule has 0 bridgehead atoms. The summed E-state index contributed by atoms with van der Waals surface area (Å²) in [4.78, 5) is 21.0. The third-order valence-corrected chi connectivity index (χ3v) is 4.69. The van der Waals surface area contributed by atoms with E-state index in [0.717, 1.165) is 5.56 Å². The van der Waals surface area contributed by atoms with Gasteiger partial charge in [0.25, 0.3) is 5.91 Å². The van der Waals surface area contributed by atoms with Gasteiger partial charge in [0.2, 0.25) is 5.88 Å². The average Bonchev–Trinajstić information content (AvgIpc) is 2.80. The Morgan fingerprint density at radius 1 is 0.903 bits per heavy atom. The van der Waals surface area contributed by atoms with Gasteiger partial charge in [0.1, 0.15) is 6.33 Å². The highest BCUT2D eigenvalue weighted by Crippen LogP contribution is 2.31. The molecule has 154 valence electrons. The van der Waals surface area contributed by atoms with Crippen molar-refractivity contribution in [2.75, 3.05) is 12.4 Å². The van der Waals surface area contributed by atoms with Crippen molar-refractivity contribution in [3.05, 3.63) is 95.8 Å². The van der Waals surface area contributed by atoms with Crippen LogP contribution in [0.15, 0.2) is 85.2 Å². The third-order valence-electron chi connectivity index (χ3n) is 4.45. The van der Waals surface area contributed by atoms with E-state index in [1.807, 2.05) is 30.3 Å². The minimum absolute atomic E-state index is 0.225. The van der Waals surface area contributed by atoms with Crippen LogP contribution >= 0.6 is 11.6 Å². The van der Waals surface area contributed by atoms with Gasteiger partial charge in [-0.15, -0.1) is 0 Å². The summed E-state index contributed by atoms with van der Waals surface area (Å²) < 4.78 is 11.2. The summed E-state index contributed by atoms with van der Waals surface area (Å²) >= 11 is 5.96. The van der Waals surface area contributed by atoms with Crippen LogP contribution in [-0.4, -0.2) is 23.0 Å². The first-order valence-corrected chi connectivity index (χ1v) is 9.80. The van der Waals surface area contributed by atoms with E-state index in [-0.39, 0.29) is 5.91 Å². The van der Waals surface area contributed by atoms with Crippen LogP contribution < -0.4 is 14.8 Å². The molecule has 4 rings (SSSR count). The van der Waals surface area contributed by atoms with Crippen molar-refractivity contribution < 1.29 is 14.3 Å². The highest BCUT2D eigenvalue weighted by atomic mass is 35.5. The van der Waals surface area contributed by atoms with Gasteiger partial charge in [0.05, 0.1) is 12.8 Å². The first-order chi connectivity index (χ1) is 15.1. The number of halogens is 1. The SMILES string of the molecule is COc1ccccc1Oc1cc(-c2ccc(C(=O)Nc3cccc(Cl)c3)cc2)ncn1. The lowest BCUT2D eigenvalue weighted by Gasteiger charge is -2.10. The molecule has 0 saturated carbocycles. The Hall–Kier alpha value is -3.90. The first-order valence-electron chi connectivity index (χ1n) is 9.42. The zero-order valence-electron chi connectivity index (χ0n) is 16.6. The molecule has 7 heteroatoms. The molecule has 1 heterocycles. The average molecular weight is 432 g/mol. The summed E-state index contributed by atoms with van der Waals surface area (Å²) in [7, 11) is 1.58. The van der Waals surface area contributed by atoms with Gasteiger partial charge in [-0.05, 0) is 42.5 Å². The number of methoxy groups -OCH3 is 1. The number of carbonyl (C=O) groups is 1. The van der Waals surface area contributed by atoms with Crippen LogP contribution in [0.4, 0.5) is 5.69 Å². The number of anilines is 1. The molecule has 0 saturated heterocycles. The van der Waals surface area contributed by atoms with Crippen molar-refractivity contribution in [2.45, 2.75) is 0 Å². The number of rotatable bonds is 6. The van der Waals surface area contributed by atoms with Gasteiger partial charge >= 0.3 is 0 Å². The van der Waals surface area contributed by atoms with Gasteiger partial charge in [-0.25, -0.2) is 9.97 Å². The van der Waals surface area contributed by atoms with Crippen LogP contribution in [-0.2, 0) is 0 Å². The molecule has 0 radical (unpaired) electrons. The number of benzene rings is 3. The Bertz CT molecular complexity index is 1210. The van der Waals surface area contributed by atoms with Crippen LogP contribution in [0.5, 0.6) is 17.4 Å². The number of ether oxygens (including phenoxy) is 2. The molecular formula is C24H18ClN3O3. The molecule has 31 heavy (non-hydrogen) atoms. The summed E-state index contributed by atoms with van der Waals surface area (Å²) in [6.45, 7) is 0. The quantitative estimate of drug-likeness (QED) is 0.414. The van der Waals surface area contributed by atoms with E-state index in [2.05, 4.69) is 15.3 Å². The predicted octanol–water partition coefficient (Wildman–Crippen LogP) is 5.85. The molecule has 1 amide bonds. The number of carbonyl (C=O) groups excluding carboxylic acids is 1. The molecule has 1 aromatic heterocycles. The largest absolute Gasteiger partial charge is 0.493 e. The van der Waals surface area contributed by atoms with Crippen LogP contribution in [0.1, 0.15) is 10.4 Å². The van der Waals surface area contributed by atoms with Crippen molar-refractivity contribution in [3.63, 3.8) is 0 Å². The Kier molecular flexibility index (Phi) is 6.10. The maximum atomic E-state index is 12.5. The molecule has 0 aliphatic rings. The number of nitrogens with zero attached hydrogens (tertiary/aromatic N) is 2. The lowest BCUT2D eigenvalue weighted by molar-refractivity contribution is 0.102. The molecule has 4 aromatic rings. The lowest BCUT2D eigenvalue weighted by atomic mass is 10.1. The van der Waals surface area contributed by atoms with Gasteiger partial charge in [-0.2, -0.15) is 0 Å². The Morgan fingerprint density at radius 3 is 2.42 bits per heavy atom. The van der Waals surface area contributed by atoms with Crippen molar-refractivity contribution in [2.24, 2.45) is 0 Å². The first kappa shape index (κ1) is 20.4. The lowest BCUT2D eigenvalue weighted by Crippen LogP contribution is -2.11. The second-order valence-electron chi connectivity index (χ2n) is 6.54. The Balaban J connectivity index is 1.50. The minimum atomic E-state index is -0.225. The van der Waals surface area contributed by atoms with E-state index in [1.54, 1.807) is 55.6 Å². The van der Waals surface area contributed by atoms with Crippen LogP contribution in [0.2, 0.25) is 5.02 Å². The fraction of sp³-hybridized carbons (Fsp3) is 0.0417. The highest BCUT2D eigenvalue weighted by molar-refractivity contribution is 6.31.